The van der Waals surface area contributed by atoms with Gasteiger partial charge in [0.25, 0.3) is 0 Å². The van der Waals surface area contributed by atoms with Crippen LogP contribution in [0.15, 0.2) is 22.7 Å². The highest BCUT2D eigenvalue weighted by Crippen LogP contribution is 2.20. The van der Waals surface area contributed by atoms with Crippen molar-refractivity contribution in [2.24, 2.45) is 0 Å². The van der Waals surface area contributed by atoms with Gasteiger partial charge in [-0.2, -0.15) is 0 Å². The Hall–Kier alpha value is 0.1000. The van der Waals surface area contributed by atoms with E-state index in [1.165, 1.54) is 0 Å². The second-order valence-corrected chi connectivity index (χ2v) is 6.42. The standard InChI is InChI=1S/C11H15BrClNOS/c1-16(15)6-2-5-14-8-9-3-4-10(12)7-11(9)13/h3-4,7,14H,2,5-6,8H2,1H3. The van der Waals surface area contributed by atoms with E-state index in [0.717, 1.165) is 40.3 Å². The smallest absolute Gasteiger partial charge is 0.0462 e. The summed E-state index contributed by atoms with van der Waals surface area (Å²) in [6, 6.07) is 5.86. The molecule has 16 heavy (non-hydrogen) atoms. The quantitative estimate of drug-likeness (QED) is 0.815. The molecular formula is C11H15BrClNOS. The normalized spacial score (nSPS) is 12.7. The van der Waals surface area contributed by atoms with Crippen molar-refractivity contribution in [2.75, 3.05) is 18.6 Å². The zero-order valence-corrected chi connectivity index (χ0v) is 12.3. The van der Waals surface area contributed by atoms with Crippen LogP contribution in [-0.2, 0) is 17.3 Å². The Balaban J connectivity index is 2.29. The molecule has 0 bridgehead atoms. The van der Waals surface area contributed by atoms with Crippen LogP contribution in [0.4, 0.5) is 0 Å². The number of benzene rings is 1. The molecule has 0 amide bonds. The zero-order chi connectivity index (χ0) is 12.0. The van der Waals surface area contributed by atoms with E-state index in [4.69, 9.17) is 11.6 Å². The highest BCUT2D eigenvalue weighted by Gasteiger charge is 2.00. The topological polar surface area (TPSA) is 29.1 Å². The van der Waals surface area contributed by atoms with E-state index in [9.17, 15) is 4.21 Å². The molecule has 0 radical (unpaired) electrons. The molecule has 5 heteroatoms. The van der Waals surface area contributed by atoms with E-state index >= 15 is 0 Å². The molecule has 0 aromatic heterocycles. The fourth-order valence-electron chi connectivity index (χ4n) is 1.29. The second kappa shape index (κ2) is 7.43. The van der Waals surface area contributed by atoms with Gasteiger partial charge in [0.15, 0.2) is 0 Å². The Bertz CT molecular complexity index is 373. The van der Waals surface area contributed by atoms with Crippen molar-refractivity contribution in [2.45, 2.75) is 13.0 Å². The molecule has 0 aliphatic rings. The summed E-state index contributed by atoms with van der Waals surface area (Å²) in [5.74, 6) is 0.751. The molecule has 1 N–H and O–H groups in total. The van der Waals surface area contributed by atoms with Crippen LogP contribution >= 0.6 is 27.5 Å². The first-order chi connectivity index (χ1) is 7.59. The van der Waals surface area contributed by atoms with Crippen LogP contribution in [0, 0.1) is 0 Å². The molecule has 1 aromatic carbocycles. The summed E-state index contributed by atoms with van der Waals surface area (Å²) in [7, 11) is -0.693. The Kier molecular flexibility index (Phi) is 6.58. The van der Waals surface area contributed by atoms with Crippen molar-refractivity contribution in [3.05, 3.63) is 33.3 Å². The Morgan fingerprint density at radius 2 is 2.25 bits per heavy atom. The predicted octanol–water partition coefficient (Wildman–Crippen LogP) is 2.96. The van der Waals surface area contributed by atoms with E-state index in [-0.39, 0.29) is 0 Å². The minimum Gasteiger partial charge on any atom is -0.313 e. The molecule has 1 rings (SSSR count). The lowest BCUT2D eigenvalue weighted by atomic mass is 10.2. The van der Waals surface area contributed by atoms with Gasteiger partial charge < -0.3 is 5.32 Å². The summed E-state index contributed by atoms with van der Waals surface area (Å²) in [5.41, 5.74) is 1.09. The molecule has 0 spiro atoms. The molecule has 0 fully saturated rings. The molecule has 0 saturated heterocycles. The fourth-order valence-corrected chi connectivity index (χ4v) is 2.58. The van der Waals surface area contributed by atoms with Crippen molar-refractivity contribution < 1.29 is 4.21 Å². The third-order valence-corrected chi connectivity index (χ3v) is 3.82. The summed E-state index contributed by atoms with van der Waals surface area (Å²) in [6.45, 7) is 1.62. The molecule has 0 aliphatic carbocycles. The second-order valence-electron chi connectivity index (χ2n) is 3.54. The van der Waals surface area contributed by atoms with Gasteiger partial charge in [-0.05, 0) is 30.7 Å². The SMILES string of the molecule is CS(=O)CCCNCc1ccc(Br)cc1Cl. The molecule has 1 aromatic rings. The summed E-state index contributed by atoms with van der Waals surface area (Å²) in [6.07, 6.45) is 2.66. The van der Waals surface area contributed by atoms with Crippen LogP contribution in [0.2, 0.25) is 5.02 Å². The number of rotatable bonds is 6. The van der Waals surface area contributed by atoms with Crippen LogP contribution in [0.5, 0.6) is 0 Å². The first-order valence-corrected chi connectivity index (χ1v) is 7.94. The largest absolute Gasteiger partial charge is 0.313 e. The average molecular weight is 325 g/mol. The number of halogens is 2. The highest BCUT2D eigenvalue weighted by atomic mass is 79.9. The van der Waals surface area contributed by atoms with Gasteiger partial charge in [0.05, 0.1) is 0 Å². The number of hydrogen-bond acceptors (Lipinski definition) is 2. The van der Waals surface area contributed by atoms with Crippen molar-refractivity contribution in [1.29, 1.82) is 0 Å². The Morgan fingerprint density at radius 1 is 1.50 bits per heavy atom. The van der Waals surface area contributed by atoms with E-state index in [0.29, 0.717) is 0 Å². The minimum absolute atomic E-state index is 0.693. The third kappa shape index (κ3) is 5.43. The van der Waals surface area contributed by atoms with Gasteiger partial charge >= 0.3 is 0 Å². The molecule has 1 atom stereocenters. The maximum atomic E-state index is 10.8. The number of hydrogen-bond donors (Lipinski definition) is 1. The zero-order valence-electron chi connectivity index (χ0n) is 9.13. The predicted molar refractivity (Wildman–Crippen MR) is 74.4 cm³/mol. The first kappa shape index (κ1) is 14.2. The van der Waals surface area contributed by atoms with Gasteiger partial charge in [0, 0.05) is 38.8 Å². The van der Waals surface area contributed by atoms with Gasteiger partial charge in [-0.25, -0.2) is 0 Å². The van der Waals surface area contributed by atoms with E-state index in [2.05, 4.69) is 21.2 Å². The number of nitrogens with one attached hydrogen (secondary N) is 1. The molecule has 0 saturated carbocycles. The lowest BCUT2D eigenvalue weighted by molar-refractivity contribution is 0.662. The lowest BCUT2D eigenvalue weighted by Crippen LogP contribution is -2.16. The molecule has 1 unspecified atom stereocenters. The first-order valence-electron chi connectivity index (χ1n) is 5.04. The van der Waals surface area contributed by atoms with Gasteiger partial charge in [-0.1, -0.05) is 33.6 Å². The average Bonchev–Trinajstić information content (AvgIpc) is 2.20. The third-order valence-electron chi connectivity index (χ3n) is 2.12. The molecular weight excluding hydrogens is 310 g/mol. The van der Waals surface area contributed by atoms with Crippen molar-refractivity contribution in [3.8, 4) is 0 Å². The molecule has 0 aliphatic heterocycles. The van der Waals surface area contributed by atoms with Crippen LogP contribution in [0.1, 0.15) is 12.0 Å². The van der Waals surface area contributed by atoms with Gasteiger partial charge in [0.1, 0.15) is 0 Å². The summed E-state index contributed by atoms with van der Waals surface area (Å²) in [4.78, 5) is 0. The Morgan fingerprint density at radius 3 is 2.88 bits per heavy atom. The maximum Gasteiger partial charge on any atom is 0.0462 e. The van der Waals surface area contributed by atoms with E-state index in [1.54, 1.807) is 6.26 Å². The lowest BCUT2D eigenvalue weighted by Gasteiger charge is -2.06. The van der Waals surface area contributed by atoms with Crippen molar-refractivity contribution in [3.63, 3.8) is 0 Å². The fraction of sp³-hybridized carbons (Fsp3) is 0.455. The van der Waals surface area contributed by atoms with Crippen molar-refractivity contribution >= 4 is 38.3 Å². The van der Waals surface area contributed by atoms with Crippen LogP contribution in [0.3, 0.4) is 0 Å². The maximum absolute atomic E-state index is 10.8. The van der Waals surface area contributed by atoms with Crippen LogP contribution in [-0.4, -0.2) is 22.8 Å². The minimum atomic E-state index is -0.693. The molecule has 90 valence electrons. The summed E-state index contributed by atoms with van der Waals surface area (Å²) >= 11 is 9.44. The highest BCUT2D eigenvalue weighted by molar-refractivity contribution is 9.10. The summed E-state index contributed by atoms with van der Waals surface area (Å²) in [5, 5.41) is 4.05. The molecule has 2 nitrogen and oxygen atoms in total. The van der Waals surface area contributed by atoms with Crippen LogP contribution in [0.25, 0.3) is 0 Å². The van der Waals surface area contributed by atoms with Gasteiger partial charge in [-0.3, -0.25) is 4.21 Å². The summed E-state index contributed by atoms with van der Waals surface area (Å²) < 4.78 is 11.8. The van der Waals surface area contributed by atoms with E-state index in [1.807, 2.05) is 18.2 Å². The monoisotopic (exact) mass is 323 g/mol. The van der Waals surface area contributed by atoms with Crippen molar-refractivity contribution in [1.82, 2.24) is 5.32 Å². The van der Waals surface area contributed by atoms with E-state index < -0.39 is 10.8 Å². The van der Waals surface area contributed by atoms with Gasteiger partial charge in [-0.15, -0.1) is 0 Å². The molecule has 0 heterocycles. The van der Waals surface area contributed by atoms with Crippen LogP contribution < -0.4 is 5.32 Å². The van der Waals surface area contributed by atoms with Gasteiger partial charge in [0.2, 0.25) is 0 Å². The Labute approximate surface area is 112 Å².